The van der Waals surface area contributed by atoms with Crippen LogP contribution in [0.4, 0.5) is 0 Å². The number of aromatic nitrogens is 3. The van der Waals surface area contributed by atoms with Crippen molar-refractivity contribution in [2.24, 2.45) is 17.8 Å². The molecule has 1 saturated carbocycles. The van der Waals surface area contributed by atoms with E-state index in [-0.39, 0.29) is 29.2 Å². The van der Waals surface area contributed by atoms with E-state index >= 15 is 0 Å². The number of likely N-dealkylation sites (tertiary alicyclic amines) is 1. The second-order valence-electron chi connectivity index (χ2n) is 8.92. The third-order valence-corrected chi connectivity index (χ3v) is 6.58. The van der Waals surface area contributed by atoms with Gasteiger partial charge in [0, 0.05) is 24.5 Å². The van der Waals surface area contributed by atoms with Gasteiger partial charge in [-0.15, -0.1) is 5.10 Å². The Morgan fingerprint density at radius 2 is 2.00 bits per heavy atom. The largest absolute Gasteiger partial charge is 0.351 e. The van der Waals surface area contributed by atoms with E-state index in [4.69, 9.17) is 0 Å². The third kappa shape index (κ3) is 3.91. The van der Waals surface area contributed by atoms with E-state index < -0.39 is 0 Å². The number of amides is 2. The SMILES string of the molecule is CCC(C)(C)NC(=O)[C@@H]1C[C@H]2CCN(C(=O)c3cn(-c4ccccc4)nn3)C[C@H]21. The van der Waals surface area contributed by atoms with Gasteiger partial charge in [0.05, 0.1) is 11.9 Å². The van der Waals surface area contributed by atoms with Crippen LogP contribution in [-0.4, -0.2) is 50.3 Å². The number of para-hydroxylation sites is 1. The van der Waals surface area contributed by atoms with Crippen molar-refractivity contribution in [1.29, 1.82) is 0 Å². The summed E-state index contributed by atoms with van der Waals surface area (Å²) < 4.78 is 1.62. The Bertz CT molecular complexity index is 892. The van der Waals surface area contributed by atoms with Crippen LogP contribution in [0.2, 0.25) is 0 Å². The van der Waals surface area contributed by atoms with Gasteiger partial charge in [-0.3, -0.25) is 9.59 Å². The molecule has 1 aromatic carbocycles. The quantitative estimate of drug-likeness (QED) is 0.844. The molecule has 1 aromatic heterocycles. The molecule has 0 radical (unpaired) electrons. The van der Waals surface area contributed by atoms with Crippen LogP contribution in [0.25, 0.3) is 5.69 Å². The van der Waals surface area contributed by atoms with E-state index in [1.807, 2.05) is 49.1 Å². The molecule has 7 nitrogen and oxygen atoms in total. The van der Waals surface area contributed by atoms with Crippen LogP contribution in [0.1, 0.15) is 50.5 Å². The number of rotatable bonds is 5. The van der Waals surface area contributed by atoms with Crippen LogP contribution in [-0.2, 0) is 4.79 Å². The molecule has 2 fully saturated rings. The van der Waals surface area contributed by atoms with E-state index in [1.165, 1.54) is 0 Å². The van der Waals surface area contributed by atoms with Crippen LogP contribution in [0.5, 0.6) is 0 Å². The average molecular weight is 396 g/mol. The highest BCUT2D eigenvalue weighted by atomic mass is 16.2. The summed E-state index contributed by atoms with van der Waals surface area (Å²) in [5, 5.41) is 11.4. The predicted octanol–water partition coefficient (Wildman–Crippen LogP) is 2.67. The maximum atomic E-state index is 13.0. The Morgan fingerprint density at radius 1 is 1.24 bits per heavy atom. The summed E-state index contributed by atoms with van der Waals surface area (Å²) in [5.41, 5.74) is 1.02. The Balaban J connectivity index is 1.41. The van der Waals surface area contributed by atoms with Crippen LogP contribution in [0, 0.1) is 17.8 Å². The number of carbonyl (C=O) groups is 2. The van der Waals surface area contributed by atoms with Gasteiger partial charge in [0.15, 0.2) is 5.69 Å². The van der Waals surface area contributed by atoms with Gasteiger partial charge in [0.25, 0.3) is 5.91 Å². The lowest BCUT2D eigenvalue weighted by atomic mass is 9.61. The Hall–Kier alpha value is -2.70. The van der Waals surface area contributed by atoms with E-state index in [1.54, 1.807) is 10.9 Å². The first-order chi connectivity index (χ1) is 13.9. The molecule has 1 aliphatic heterocycles. The lowest BCUT2D eigenvalue weighted by molar-refractivity contribution is -0.138. The molecule has 1 N–H and O–H groups in total. The van der Waals surface area contributed by atoms with Crippen molar-refractivity contribution in [1.82, 2.24) is 25.2 Å². The molecule has 2 aliphatic rings. The van der Waals surface area contributed by atoms with Gasteiger partial charge >= 0.3 is 0 Å². The zero-order chi connectivity index (χ0) is 20.6. The molecule has 2 heterocycles. The molecule has 7 heteroatoms. The fourth-order valence-corrected chi connectivity index (χ4v) is 4.32. The Morgan fingerprint density at radius 3 is 2.72 bits per heavy atom. The molecule has 2 aromatic rings. The lowest BCUT2D eigenvalue weighted by Gasteiger charge is -2.50. The van der Waals surface area contributed by atoms with Crippen molar-refractivity contribution in [3.8, 4) is 5.69 Å². The van der Waals surface area contributed by atoms with Gasteiger partial charge in [-0.2, -0.15) is 0 Å². The first kappa shape index (κ1) is 19.6. The molecule has 1 aliphatic carbocycles. The molecule has 154 valence electrons. The lowest BCUT2D eigenvalue weighted by Crippen LogP contribution is -2.58. The standard InChI is InChI=1S/C22H29N5O2/c1-4-22(2,3)23-20(28)17-12-15-10-11-26(13-18(15)17)21(29)19-14-27(25-24-19)16-8-6-5-7-9-16/h5-9,14-15,17-18H,4,10-13H2,1-3H3,(H,23,28)/t15-,17-,18-/m1/s1. The molecule has 0 unspecified atom stereocenters. The molecule has 0 bridgehead atoms. The fraction of sp³-hybridized carbons (Fsp3) is 0.545. The monoisotopic (exact) mass is 395 g/mol. The zero-order valence-corrected chi connectivity index (χ0v) is 17.3. The minimum Gasteiger partial charge on any atom is -0.351 e. The molecule has 0 spiro atoms. The number of benzene rings is 1. The minimum atomic E-state index is -0.192. The van der Waals surface area contributed by atoms with Crippen molar-refractivity contribution < 1.29 is 9.59 Å². The molecule has 29 heavy (non-hydrogen) atoms. The van der Waals surface area contributed by atoms with Crippen LogP contribution < -0.4 is 5.32 Å². The first-order valence-electron chi connectivity index (χ1n) is 10.5. The van der Waals surface area contributed by atoms with E-state index in [9.17, 15) is 9.59 Å². The van der Waals surface area contributed by atoms with Gasteiger partial charge in [0.1, 0.15) is 0 Å². The van der Waals surface area contributed by atoms with Crippen LogP contribution in [0.3, 0.4) is 0 Å². The van der Waals surface area contributed by atoms with Crippen molar-refractivity contribution >= 4 is 11.8 Å². The molecular weight excluding hydrogens is 366 g/mol. The van der Waals surface area contributed by atoms with Crippen LogP contribution >= 0.6 is 0 Å². The highest BCUT2D eigenvalue weighted by Crippen LogP contribution is 2.46. The summed E-state index contributed by atoms with van der Waals surface area (Å²) in [6.45, 7) is 7.51. The maximum absolute atomic E-state index is 13.0. The van der Waals surface area contributed by atoms with E-state index in [2.05, 4.69) is 22.6 Å². The van der Waals surface area contributed by atoms with E-state index in [0.29, 0.717) is 24.7 Å². The van der Waals surface area contributed by atoms with Crippen molar-refractivity contribution in [3.05, 3.63) is 42.2 Å². The number of hydrogen-bond acceptors (Lipinski definition) is 4. The predicted molar refractivity (Wildman–Crippen MR) is 109 cm³/mol. The summed E-state index contributed by atoms with van der Waals surface area (Å²) in [5.74, 6) is 0.804. The highest BCUT2D eigenvalue weighted by Gasteiger charge is 2.49. The van der Waals surface area contributed by atoms with Crippen molar-refractivity contribution in [3.63, 3.8) is 0 Å². The second-order valence-corrected chi connectivity index (χ2v) is 8.92. The normalized spacial score (nSPS) is 23.8. The molecular formula is C22H29N5O2. The summed E-state index contributed by atoms with van der Waals surface area (Å²) in [6.07, 6.45) is 4.45. The highest BCUT2D eigenvalue weighted by molar-refractivity contribution is 5.92. The molecule has 3 atom stereocenters. The number of fused-ring (bicyclic) bond motifs is 1. The minimum absolute atomic E-state index is 0.00132. The summed E-state index contributed by atoms with van der Waals surface area (Å²) in [6, 6.07) is 9.62. The first-order valence-corrected chi connectivity index (χ1v) is 10.5. The van der Waals surface area contributed by atoms with Crippen molar-refractivity contribution in [2.45, 2.75) is 45.6 Å². The third-order valence-electron chi connectivity index (χ3n) is 6.58. The Kier molecular flexibility index (Phi) is 5.15. The number of piperidine rings is 1. The summed E-state index contributed by atoms with van der Waals surface area (Å²) >= 11 is 0. The second kappa shape index (κ2) is 7.61. The van der Waals surface area contributed by atoms with Crippen molar-refractivity contribution in [2.75, 3.05) is 13.1 Å². The summed E-state index contributed by atoms with van der Waals surface area (Å²) in [4.78, 5) is 27.5. The van der Waals surface area contributed by atoms with Gasteiger partial charge < -0.3 is 10.2 Å². The van der Waals surface area contributed by atoms with Gasteiger partial charge in [-0.1, -0.05) is 30.3 Å². The van der Waals surface area contributed by atoms with E-state index in [0.717, 1.165) is 24.9 Å². The van der Waals surface area contributed by atoms with Gasteiger partial charge in [0.2, 0.25) is 5.91 Å². The fourth-order valence-electron chi connectivity index (χ4n) is 4.32. The smallest absolute Gasteiger partial charge is 0.276 e. The molecule has 4 rings (SSSR count). The zero-order valence-electron chi connectivity index (χ0n) is 17.3. The number of nitrogens with one attached hydrogen (secondary N) is 1. The number of hydrogen-bond donors (Lipinski definition) is 1. The average Bonchev–Trinajstić information content (AvgIpc) is 3.19. The Labute approximate surface area is 171 Å². The maximum Gasteiger partial charge on any atom is 0.276 e. The van der Waals surface area contributed by atoms with Gasteiger partial charge in [-0.05, 0) is 57.1 Å². The van der Waals surface area contributed by atoms with Crippen LogP contribution in [0.15, 0.2) is 36.5 Å². The number of nitrogens with zero attached hydrogens (tertiary/aromatic N) is 4. The number of carbonyl (C=O) groups excluding carboxylic acids is 2. The topological polar surface area (TPSA) is 80.1 Å². The molecule has 1 saturated heterocycles. The van der Waals surface area contributed by atoms with Gasteiger partial charge in [-0.25, -0.2) is 4.68 Å². The molecule has 2 amide bonds. The summed E-state index contributed by atoms with van der Waals surface area (Å²) in [7, 11) is 0.